The van der Waals surface area contributed by atoms with Crippen LogP contribution in [0, 0.1) is 0 Å². The summed E-state index contributed by atoms with van der Waals surface area (Å²) in [7, 11) is -1.06. The number of hydrogen-bond donors (Lipinski definition) is 1. The van der Waals surface area contributed by atoms with Gasteiger partial charge in [0.15, 0.2) is 0 Å². The van der Waals surface area contributed by atoms with Crippen molar-refractivity contribution in [1.29, 1.82) is 0 Å². The monoisotopic (exact) mass is 376 g/mol. The van der Waals surface area contributed by atoms with Crippen LogP contribution in [0.1, 0.15) is 22.0 Å². The maximum absolute atomic E-state index is 12.9. The van der Waals surface area contributed by atoms with Gasteiger partial charge < -0.3 is 10.1 Å². The van der Waals surface area contributed by atoms with Gasteiger partial charge in [0.25, 0.3) is 0 Å². The van der Waals surface area contributed by atoms with Crippen LogP contribution in [0.3, 0.4) is 0 Å². The van der Waals surface area contributed by atoms with Gasteiger partial charge in [0.05, 0.1) is 24.6 Å². The minimum atomic E-state index is -3.64. The highest BCUT2D eigenvalue weighted by Crippen LogP contribution is 2.25. The SMILES string of the molecule is COC(=O)c1ccccc1NC(=O)[C@H](c1ccccc1)N(C)S(C)(=O)=O. The summed E-state index contributed by atoms with van der Waals surface area (Å²) < 4.78 is 29.7. The van der Waals surface area contributed by atoms with Crippen LogP contribution in [0.15, 0.2) is 54.6 Å². The number of hydrogen-bond acceptors (Lipinski definition) is 5. The fraction of sp³-hybridized carbons (Fsp3) is 0.222. The zero-order valence-corrected chi connectivity index (χ0v) is 15.5. The molecule has 0 aromatic heterocycles. The highest BCUT2D eigenvalue weighted by Gasteiger charge is 2.31. The van der Waals surface area contributed by atoms with Gasteiger partial charge in [-0.15, -0.1) is 0 Å². The second-order valence-corrected chi connectivity index (χ2v) is 7.66. The van der Waals surface area contributed by atoms with Crippen molar-refractivity contribution in [1.82, 2.24) is 4.31 Å². The van der Waals surface area contributed by atoms with Gasteiger partial charge in [-0.05, 0) is 17.7 Å². The Morgan fingerprint density at radius 2 is 1.62 bits per heavy atom. The molecule has 0 saturated heterocycles. The number of amides is 1. The van der Waals surface area contributed by atoms with E-state index < -0.39 is 27.9 Å². The Morgan fingerprint density at radius 3 is 2.19 bits per heavy atom. The van der Waals surface area contributed by atoms with E-state index >= 15 is 0 Å². The molecule has 1 amide bonds. The predicted octanol–water partition coefficient (Wildman–Crippen LogP) is 2.04. The summed E-state index contributed by atoms with van der Waals surface area (Å²) in [6, 6.07) is 13.8. The third-order valence-corrected chi connectivity index (χ3v) is 5.10. The molecule has 0 unspecified atom stereocenters. The van der Waals surface area contributed by atoms with Crippen LogP contribution < -0.4 is 5.32 Å². The Morgan fingerprint density at radius 1 is 1.04 bits per heavy atom. The average Bonchev–Trinajstić information content (AvgIpc) is 2.61. The van der Waals surface area contributed by atoms with Crippen LogP contribution in [0.25, 0.3) is 0 Å². The smallest absolute Gasteiger partial charge is 0.339 e. The van der Waals surface area contributed by atoms with Gasteiger partial charge in [0.1, 0.15) is 6.04 Å². The van der Waals surface area contributed by atoms with Gasteiger partial charge in [-0.3, -0.25) is 4.79 Å². The quantitative estimate of drug-likeness (QED) is 0.779. The summed E-state index contributed by atoms with van der Waals surface area (Å²) in [5, 5.41) is 2.63. The van der Waals surface area contributed by atoms with E-state index in [4.69, 9.17) is 4.74 Å². The Balaban J connectivity index is 2.42. The highest BCUT2D eigenvalue weighted by atomic mass is 32.2. The van der Waals surface area contributed by atoms with E-state index in [1.165, 1.54) is 20.2 Å². The summed E-state index contributed by atoms with van der Waals surface area (Å²) in [6.07, 6.45) is 1.03. The molecule has 0 saturated carbocycles. The number of carbonyl (C=O) groups is 2. The molecule has 7 nitrogen and oxygen atoms in total. The van der Waals surface area contributed by atoms with Gasteiger partial charge in [-0.1, -0.05) is 42.5 Å². The van der Waals surface area contributed by atoms with Crippen LogP contribution in [0.4, 0.5) is 5.69 Å². The summed E-state index contributed by atoms with van der Waals surface area (Å²) in [5.41, 5.74) is 0.929. The van der Waals surface area contributed by atoms with Crippen molar-refractivity contribution in [2.75, 3.05) is 25.7 Å². The van der Waals surface area contributed by atoms with E-state index in [9.17, 15) is 18.0 Å². The van der Waals surface area contributed by atoms with Gasteiger partial charge >= 0.3 is 5.97 Å². The third kappa shape index (κ3) is 4.47. The molecule has 0 aliphatic rings. The summed E-state index contributed by atoms with van der Waals surface area (Å²) in [6.45, 7) is 0. The van der Waals surface area contributed by atoms with Crippen LogP contribution in [-0.2, 0) is 19.6 Å². The molecule has 1 atom stereocenters. The zero-order valence-electron chi connectivity index (χ0n) is 14.7. The molecular weight excluding hydrogens is 356 g/mol. The van der Waals surface area contributed by atoms with Gasteiger partial charge in [-0.2, -0.15) is 4.31 Å². The van der Waals surface area contributed by atoms with E-state index in [0.29, 0.717) is 5.56 Å². The number of nitrogens with zero attached hydrogens (tertiary/aromatic N) is 1. The lowest BCUT2D eigenvalue weighted by atomic mass is 10.1. The van der Waals surface area contributed by atoms with E-state index in [1.54, 1.807) is 48.5 Å². The molecule has 8 heteroatoms. The highest BCUT2D eigenvalue weighted by molar-refractivity contribution is 7.88. The van der Waals surface area contributed by atoms with Crippen LogP contribution >= 0.6 is 0 Å². The lowest BCUT2D eigenvalue weighted by Gasteiger charge is -2.26. The van der Waals surface area contributed by atoms with Crippen molar-refractivity contribution in [3.8, 4) is 0 Å². The molecular formula is C18H20N2O5S. The number of carbonyl (C=O) groups excluding carboxylic acids is 2. The van der Waals surface area contributed by atoms with Crippen molar-refractivity contribution in [2.45, 2.75) is 6.04 Å². The molecule has 0 aliphatic heterocycles. The molecule has 2 rings (SSSR count). The molecule has 2 aromatic carbocycles. The maximum Gasteiger partial charge on any atom is 0.339 e. The average molecular weight is 376 g/mol. The molecule has 0 fully saturated rings. The van der Waals surface area contributed by atoms with Crippen molar-refractivity contribution in [2.24, 2.45) is 0 Å². The maximum atomic E-state index is 12.9. The number of nitrogens with one attached hydrogen (secondary N) is 1. The molecule has 0 bridgehead atoms. The fourth-order valence-corrected chi connectivity index (χ4v) is 3.03. The third-order valence-electron chi connectivity index (χ3n) is 3.84. The first-order valence-corrected chi connectivity index (χ1v) is 9.56. The largest absolute Gasteiger partial charge is 0.465 e. The number of ether oxygens (including phenoxy) is 1. The van der Waals surface area contributed by atoms with Crippen molar-refractivity contribution < 1.29 is 22.7 Å². The standard InChI is InChI=1S/C18H20N2O5S/c1-20(26(3,23)24)16(13-9-5-4-6-10-13)17(21)19-15-12-8-7-11-14(15)18(22)25-2/h4-12,16H,1-3H3,(H,19,21)/t16-/m0/s1. The minimum absolute atomic E-state index is 0.178. The number of para-hydroxylation sites is 1. The minimum Gasteiger partial charge on any atom is -0.465 e. The summed E-state index contributed by atoms with van der Waals surface area (Å²) >= 11 is 0. The number of rotatable bonds is 6. The van der Waals surface area contributed by atoms with Crippen LogP contribution in [0.2, 0.25) is 0 Å². The van der Waals surface area contributed by atoms with Gasteiger partial charge in [0, 0.05) is 7.05 Å². The van der Waals surface area contributed by atoms with E-state index in [2.05, 4.69) is 5.32 Å². The van der Waals surface area contributed by atoms with Crippen LogP contribution in [-0.4, -0.2) is 45.0 Å². The lowest BCUT2D eigenvalue weighted by molar-refractivity contribution is -0.119. The van der Waals surface area contributed by atoms with Gasteiger partial charge in [0.2, 0.25) is 15.9 Å². The van der Waals surface area contributed by atoms with E-state index in [-0.39, 0.29) is 11.3 Å². The number of benzene rings is 2. The van der Waals surface area contributed by atoms with E-state index in [1.807, 2.05) is 0 Å². The first-order chi connectivity index (χ1) is 12.3. The molecule has 138 valence electrons. The number of anilines is 1. The number of methoxy groups -OCH3 is 1. The molecule has 0 aliphatic carbocycles. The Hall–Kier alpha value is -2.71. The first kappa shape index (κ1) is 19.6. The van der Waals surface area contributed by atoms with Gasteiger partial charge in [-0.25, -0.2) is 13.2 Å². The lowest BCUT2D eigenvalue weighted by Crippen LogP contribution is -2.38. The topological polar surface area (TPSA) is 92.8 Å². The Labute approximate surface area is 152 Å². The predicted molar refractivity (Wildman–Crippen MR) is 98.2 cm³/mol. The normalized spacial score (nSPS) is 12.5. The molecule has 2 aromatic rings. The summed E-state index contributed by atoms with van der Waals surface area (Å²) in [4.78, 5) is 24.8. The Kier molecular flexibility index (Phi) is 6.12. The summed E-state index contributed by atoms with van der Waals surface area (Å²) in [5.74, 6) is -1.19. The Bertz CT molecular complexity index is 897. The number of esters is 1. The number of sulfonamides is 1. The number of likely N-dealkylation sites (N-methyl/N-ethyl adjacent to an activating group) is 1. The van der Waals surface area contributed by atoms with Crippen LogP contribution in [0.5, 0.6) is 0 Å². The van der Waals surface area contributed by atoms with Crippen molar-refractivity contribution in [3.05, 3.63) is 65.7 Å². The fourth-order valence-electron chi connectivity index (χ4n) is 2.43. The second kappa shape index (κ2) is 8.11. The van der Waals surface area contributed by atoms with E-state index in [0.717, 1.165) is 10.6 Å². The molecule has 0 spiro atoms. The molecule has 1 N–H and O–H groups in total. The molecule has 26 heavy (non-hydrogen) atoms. The molecule has 0 heterocycles. The second-order valence-electron chi connectivity index (χ2n) is 5.62. The molecule has 0 radical (unpaired) electrons. The van der Waals surface area contributed by atoms with Crippen molar-refractivity contribution in [3.63, 3.8) is 0 Å². The zero-order chi connectivity index (χ0) is 19.3. The first-order valence-electron chi connectivity index (χ1n) is 7.72. The van der Waals surface area contributed by atoms with Crippen molar-refractivity contribution >= 4 is 27.6 Å².